The molecule has 2 aromatic carbocycles. The molecule has 6 rings (SSSR count). The molecule has 0 aliphatic carbocycles. The summed E-state index contributed by atoms with van der Waals surface area (Å²) < 4.78 is 44.4. The molecule has 3 aliphatic heterocycles. The van der Waals surface area contributed by atoms with Crippen molar-refractivity contribution in [2.24, 2.45) is 0 Å². The van der Waals surface area contributed by atoms with Crippen LogP contribution in [-0.4, -0.2) is 184 Å². The molecular weight excluding hydrogens is 776 g/mol. The van der Waals surface area contributed by atoms with Gasteiger partial charge in [0.25, 0.3) is 0 Å². The molecule has 0 spiro atoms. The summed E-state index contributed by atoms with van der Waals surface area (Å²) in [7, 11) is 1.15. The second kappa shape index (κ2) is 17.4. The van der Waals surface area contributed by atoms with E-state index in [2.05, 4.69) is 0 Å². The Balaban J connectivity index is 0.00000620. The summed E-state index contributed by atoms with van der Waals surface area (Å²) in [5.74, 6) is -4.33. The maximum absolute atomic E-state index is 14.2. The lowest BCUT2D eigenvalue weighted by Crippen LogP contribution is -2.61. The molecule has 23 nitrogen and oxygen atoms in total. The van der Waals surface area contributed by atoms with Crippen LogP contribution in [0.2, 0.25) is 0 Å². The Labute approximate surface area is 320 Å². The second-order valence-electron chi connectivity index (χ2n) is 13.4. The minimum absolute atomic E-state index is 0. The van der Waals surface area contributed by atoms with Crippen molar-refractivity contribution in [2.45, 2.75) is 99.0 Å². The van der Waals surface area contributed by atoms with Crippen LogP contribution in [0.3, 0.4) is 0 Å². The summed E-state index contributed by atoms with van der Waals surface area (Å²) in [5.41, 5.74) is -1.81. The van der Waals surface area contributed by atoms with Gasteiger partial charge >= 0.3 is 0 Å². The van der Waals surface area contributed by atoms with Crippen molar-refractivity contribution < 1.29 is 109 Å². The van der Waals surface area contributed by atoms with Gasteiger partial charge in [0.1, 0.15) is 89.6 Å². The fourth-order valence-corrected chi connectivity index (χ4v) is 6.41. The molecule has 7 unspecified atom stereocenters. The number of phenolic OH excluding ortho intramolecular Hbond substituents is 3. The zero-order valence-electron chi connectivity index (χ0n) is 29.9. The predicted molar refractivity (Wildman–Crippen MR) is 183 cm³/mol. The number of rotatable bonds is 10. The van der Waals surface area contributed by atoms with Crippen molar-refractivity contribution in [3.63, 3.8) is 0 Å². The van der Waals surface area contributed by atoms with Gasteiger partial charge in [-0.05, 0) is 19.1 Å². The van der Waals surface area contributed by atoms with Gasteiger partial charge in [0.05, 0.1) is 26.4 Å². The average Bonchev–Trinajstić information content (AvgIpc) is 3.17. The molecule has 0 saturated carbocycles. The monoisotopic (exact) mass is 820 g/mol. The van der Waals surface area contributed by atoms with E-state index in [0.29, 0.717) is 0 Å². The van der Waals surface area contributed by atoms with Gasteiger partial charge in [-0.3, -0.25) is 4.79 Å². The number of ether oxygens (including phenoxy) is 7. The molecule has 1 aromatic heterocycles. The molecular formula is C34H44O23. The Morgan fingerprint density at radius 3 is 1.88 bits per heavy atom. The van der Waals surface area contributed by atoms with E-state index in [1.807, 2.05) is 0 Å². The number of phenols is 3. The molecule has 0 radical (unpaired) electrons. The van der Waals surface area contributed by atoms with Crippen LogP contribution in [0.5, 0.6) is 34.5 Å². The van der Waals surface area contributed by atoms with Gasteiger partial charge in [-0.1, -0.05) is 0 Å². The highest BCUT2D eigenvalue weighted by Gasteiger charge is 2.48. The van der Waals surface area contributed by atoms with Crippen LogP contribution in [0.4, 0.5) is 0 Å². The SMILES string of the molecule is COc1cc(-c2oc3cc(O[C@@H]4OC(CO)[C@@H](O)[C@H](O)C4O)cc(O)c3c(=O)c2O[C@@H]2OC(CO[C@@H]3OC(C)[C@H](O)[C@H](O)C3O)[C@@H](O)C(O)C2O)cc(O)c1O.O. The van der Waals surface area contributed by atoms with Crippen molar-refractivity contribution in [2.75, 3.05) is 20.3 Å². The van der Waals surface area contributed by atoms with Gasteiger partial charge in [0.2, 0.25) is 29.5 Å². The molecule has 23 heteroatoms. The maximum Gasteiger partial charge on any atom is 0.239 e. The van der Waals surface area contributed by atoms with Gasteiger partial charge in [0.15, 0.2) is 23.5 Å². The smallest absolute Gasteiger partial charge is 0.239 e. The Morgan fingerprint density at radius 1 is 0.667 bits per heavy atom. The van der Waals surface area contributed by atoms with Gasteiger partial charge in [-0.2, -0.15) is 0 Å². The minimum Gasteiger partial charge on any atom is -0.507 e. The molecule has 3 aliphatic rings. The fourth-order valence-electron chi connectivity index (χ4n) is 6.41. The fraction of sp³-hybridized carbons (Fsp3) is 0.559. The summed E-state index contributed by atoms with van der Waals surface area (Å²) in [6.07, 6.45) is -25.4. The first-order valence-electron chi connectivity index (χ1n) is 17.1. The molecule has 57 heavy (non-hydrogen) atoms. The first-order valence-corrected chi connectivity index (χ1v) is 17.1. The van der Waals surface area contributed by atoms with E-state index in [9.17, 15) is 71.2 Å². The first kappa shape index (κ1) is 44.0. The van der Waals surface area contributed by atoms with Crippen LogP contribution in [-0.2, 0) is 18.9 Å². The number of aliphatic hydroxyl groups excluding tert-OH is 10. The molecule has 3 saturated heterocycles. The van der Waals surface area contributed by atoms with E-state index in [-0.39, 0.29) is 22.5 Å². The zero-order valence-corrected chi connectivity index (χ0v) is 29.9. The Morgan fingerprint density at radius 2 is 1.25 bits per heavy atom. The van der Waals surface area contributed by atoms with Crippen molar-refractivity contribution >= 4 is 11.0 Å². The standard InChI is InChI=1S/C34H42O22.H2O/c1-9-19(38)24(43)27(46)32(51-9)50-8-17-22(41)26(45)29(48)34(55-17)56-31-23(42)18-12(36)5-11(52-33-28(47)25(44)21(40)16(7-35)54-33)6-14(18)53-30(31)10-3-13(37)20(39)15(4-10)49-2;/h3-6,9,16-17,19,21-22,24-29,32-41,43-48H,7-8H2,1-2H3;1H2/t9?,16?,17?,19-,21+,22+,24-,25-,26?,27?,28?,29?,32+,33+,34-;/m0./s1. The average molecular weight is 821 g/mol. The van der Waals surface area contributed by atoms with Crippen molar-refractivity contribution in [1.29, 1.82) is 0 Å². The predicted octanol–water partition coefficient (Wildman–Crippen LogP) is -5.03. The number of hydrogen-bond donors (Lipinski definition) is 13. The minimum atomic E-state index is -2.08. The third kappa shape index (κ3) is 8.27. The van der Waals surface area contributed by atoms with Crippen LogP contribution in [0, 0.1) is 0 Å². The van der Waals surface area contributed by atoms with E-state index in [1.165, 1.54) is 6.92 Å². The lowest BCUT2D eigenvalue weighted by molar-refractivity contribution is -0.318. The van der Waals surface area contributed by atoms with Crippen molar-refractivity contribution in [3.8, 4) is 45.8 Å². The first-order chi connectivity index (χ1) is 26.5. The summed E-state index contributed by atoms with van der Waals surface area (Å²) in [5, 5.41) is 134. The quantitative estimate of drug-likeness (QED) is 0.0851. The second-order valence-corrected chi connectivity index (χ2v) is 13.4. The molecule has 3 fully saturated rings. The summed E-state index contributed by atoms with van der Waals surface area (Å²) >= 11 is 0. The number of aromatic hydroxyl groups is 3. The van der Waals surface area contributed by atoms with Crippen molar-refractivity contribution in [1.82, 2.24) is 0 Å². The Bertz CT molecular complexity index is 1920. The van der Waals surface area contributed by atoms with Crippen LogP contribution in [0.1, 0.15) is 6.92 Å². The van der Waals surface area contributed by atoms with E-state index in [0.717, 1.165) is 31.4 Å². The van der Waals surface area contributed by atoms with Gasteiger partial charge in [-0.25, -0.2) is 0 Å². The topological polar surface area (TPSA) is 389 Å². The summed E-state index contributed by atoms with van der Waals surface area (Å²) in [4.78, 5) is 14.2. The highest BCUT2D eigenvalue weighted by atomic mass is 16.7. The lowest BCUT2D eigenvalue weighted by Gasteiger charge is -2.42. The molecule has 4 heterocycles. The summed E-state index contributed by atoms with van der Waals surface area (Å²) in [6, 6.07) is 3.96. The van der Waals surface area contributed by atoms with Gasteiger partial charge in [0, 0.05) is 17.7 Å². The molecule has 15 N–H and O–H groups in total. The molecule has 0 amide bonds. The van der Waals surface area contributed by atoms with E-state index in [4.69, 9.17) is 37.6 Å². The Hall–Kier alpha value is -4.15. The lowest BCUT2D eigenvalue weighted by atomic mass is 9.98. The Kier molecular flexibility index (Phi) is 13.4. The highest BCUT2D eigenvalue weighted by molar-refractivity contribution is 5.88. The number of methoxy groups -OCH3 is 1. The molecule has 318 valence electrons. The zero-order chi connectivity index (χ0) is 40.9. The van der Waals surface area contributed by atoms with E-state index in [1.54, 1.807) is 0 Å². The van der Waals surface area contributed by atoms with Crippen LogP contribution < -0.4 is 19.6 Å². The van der Waals surface area contributed by atoms with Crippen LogP contribution in [0.15, 0.2) is 33.5 Å². The van der Waals surface area contributed by atoms with Crippen LogP contribution in [0.25, 0.3) is 22.3 Å². The van der Waals surface area contributed by atoms with Crippen molar-refractivity contribution in [3.05, 3.63) is 34.5 Å². The number of aliphatic hydroxyl groups is 10. The van der Waals surface area contributed by atoms with Gasteiger partial charge < -0.3 is 109 Å². The molecule has 15 atom stereocenters. The van der Waals surface area contributed by atoms with Gasteiger partial charge in [-0.15, -0.1) is 0 Å². The van der Waals surface area contributed by atoms with E-state index < -0.39 is 150 Å². The third-order valence-corrected chi connectivity index (χ3v) is 9.68. The highest BCUT2D eigenvalue weighted by Crippen LogP contribution is 2.44. The maximum atomic E-state index is 14.2. The van der Waals surface area contributed by atoms with Crippen LogP contribution >= 0.6 is 0 Å². The number of hydrogen-bond acceptors (Lipinski definition) is 22. The largest absolute Gasteiger partial charge is 0.507 e. The number of benzene rings is 2. The summed E-state index contributed by atoms with van der Waals surface area (Å²) in [6.45, 7) is -0.0519. The number of fused-ring (bicyclic) bond motifs is 1. The molecule has 3 aromatic rings. The third-order valence-electron chi connectivity index (χ3n) is 9.68. The molecule has 0 bridgehead atoms. The van der Waals surface area contributed by atoms with E-state index >= 15 is 0 Å². The normalized spacial score (nSPS) is 35.7.